The van der Waals surface area contributed by atoms with Gasteiger partial charge in [0.25, 0.3) is 15.0 Å². The highest BCUT2D eigenvalue weighted by molar-refractivity contribution is 8.13. The number of rotatable bonds is 3. The van der Waals surface area contributed by atoms with Crippen LogP contribution in [0.4, 0.5) is 4.39 Å². The molecule has 4 nitrogen and oxygen atoms in total. The fourth-order valence-corrected chi connectivity index (χ4v) is 3.05. The lowest BCUT2D eigenvalue weighted by atomic mass is 9.91. The first kappa shape index (κ1) is 14.3. The number of amides is 1. The molecule has 0 N–H and O–H groups in total. The van der Waals surface area contributed by atoms with Crippen LogP contribution in [0.5, 0.6) is 0 Å². The lowest BCUT2D eigenvalue weighted by molar-refractivity contribution is 0.0647. The monoisotopic (exact) mass is 305 g/mol. The van der Waals surface area contributed by atoms with Crippen LogP contribution < -0.4 is 0 Å². The van der Waals surface area contributed by atoms with Crippen molar-refractivity contribution in [2.24, 2.45) is 0 Å². The van der Waals surface area contributed by atoms with Gasteiger partial charge in [-0.25, -0.2) is 12.8 Å². The van der Waals surface area contributed by atoms with E-state index in [1.54, 1.807) is 7.05 Å². The van der Waals surface area contributed by atoms with Gasteiger partial charge in [0.05, 0.1) is 10.5 Å². The molecular formula is C12H13ClFNO3S. The van der Waals surface area contributed by atoms with Crippen molar-refractivity contribution in [3.63, 3.8) is 0 Å². The van der Waals surface area contributed by atoms with Gasteiger partial charge in [0, 0.05) is 23.8 Å². The van der Waals surface area contributed by atoms with Crippen LogP contribution in [0.1, 0.15) is 29.6 Å². The molecule has 0 saturated heterocycles. The number of carbonyl (C=O) groups excluding carboxylic acids is 1. The lowest BCUT2D eigenvalue weighted by Gasteiger charge is -2.35. The first-order chi connectivity index (χ1) is 8.80. The molecule has 1 fully saturated rings. The van der Waals surface area contributed by atoms with Crippen molar-refractivity contribution in [1.29, 1.82) is 0 Å². The zero-order chi connectivity index (χ0) is 14.2. The summed E-state index contributed by atoms with van der Waals surface area (Å²) in [4.78, 5) is 13.3. The van der Waals surface area contributed by atoms with Gasteiger partial charge in [-0.15, -0.1) is 0 Å². The van der Waals surface area contributed by atoms with Crippen LogP contribution in [-0.4, -0.2) is 32.3 Å². The Hall–Kier alpha value is -1.14. The normalized spacial score (nSPS) is 15.9. The Balaban J connectivity index is 2.42. The highest BCUT2D eigenvalue weighted by atomic mass is 35.7. The molecule has 0 bridgehead atoms. The summed E-state index contributed by atoms with van der Waals surface area (Å²) in [5.41, 5.74) is -0.218. The van der Waals surface area contributed by atoms with Crippen LogP contribution in [-0.2, 0) is 9.05 Å². The number of hydrogen-bond acceptors (Lipinski definition) is 3. The standard InChI is InChI=1S/C12H13ClFNO3S/c1-15(9-3-2-4-9)12(16)10-7-8(14)5-6-11(10)19(13,17)18/h5-7,9H,2-4H2,1H3. The molecule has 1 aromatic rings. The Labute approximate surface area is 115 Å². The molecule has 19 heavy (non-hydrogen) atoms. The molecule has 1 aromatic carbocycles. The molecule has 0 aliphatic heterocycles. The maximum Gasteiger partial charge on any atom is 0.262 e. The first-order valence-corrected chi connectivity index (χ1v) is 8.13. The Morgan fingerprint density at radius 1 is 1.42 bits per heavy atom. The smallest absolute Gasteiger partial charge is 0.262 e. The molecule has 0 unspecified atom stereocenters. The van der Waals surface area contributed by atoms with E-state index in [0.29, 0.717) is 0 Å². The van der Waals surface area contributed by atoms with Gasteiger partial charge in [-0.1, -0.05) is 0 Å². The Morgan fingerprint density at radius 2 is 2.05 bits per heavy atom. The van der Waals surface area contributed by atoms with Gasteiger partial charge in [-0.05, 0) is 37.5 Å². The van der Waals surface area contributed by atoms with Crippen molar-refractivity contribution in [2.75, 3.05) is 7.05 Å². The summed E-state index contributed by atoms with van der Waals surface area (Å²) in [5, 5.41) is 0. The fourth-order valence-electron chi connectivity index (χ4n) is 2.01. The average Bonchev–Trinajstić information content (AvgIpc) is 2.23. The second-order valence-corrected chi connectivity index (χ2v) is 7.11. The largest absolute Gasteiger partial charge is 0.339 e. The van der Waals surface area contributed by atoms with Gasteiger partial charge in [0.2, 0.25) is 0 Å². The van der Waals surface area contributed by atoms with Gasteiger partial charge in [-0.2, -0.15) is 0 Å². The van der Waals surface area contributed by atoms with Crippen molar-refractivity contribution in [3.05, 3.63) is 29.6 Å². The number of nitrogens with zero attached hydrogens (tertiary/aromatic N) is 1. The van der Waals surface area contributed by atoms with Crippen LogP contribution in [0, 0.1) is 5.82 Å². The van der Waals surface area contributed by atoms with Gasteiger partial charge in [0.1, 0.15) is 5.82 Å². The average molecular weight is 306 g/mol. The van der Waals surface area contributed by atoms with Gasteiger partial charge < -0.3 is 4.90 Å². The minimum absolute atomic E-state index is 0.0849. The maximum absolute atomic E-state index is 13.2. The van der Waals surface area contributed by atoms with Crippen molar-refractivity contribution >= 4 is 25.6 Å². The van der Waals surface area contributed by atoms with Crippen LogP contribution in [0.15, 0.2) is 23.1 Å². The second-order valence-electron chi connectivity index (χ2n) is 4.58. The SMILES string of the molecule is CN(C(=O)c1cc(F)ccc1S(=O)(=O)Cl)C1CCC1. The molecule has 0 atom stereocenters. The van der Waals surface area contributed by atoms with Crippen LogP contribution in [0.2, 0.25) is 0 Å². The molecule has 0 heterocycles. The van der Waals surface area contributed by atoms with Crippen molar-refractivity contribution < 1.29 is 17.6 Å². The molecule has 7 heteroatoms. The Bertz CT molecular complexity index is 613. The predicted molar refractivity (Wildman–Crippen MR) is 69.2 cm³/mol. The molecule has 104 valence electrons. The van der Waals surface area contributed by atoms with E-state index in [1.165, 1.54) is 4.90 Å². The third kappa shape index (κ3) is 2.90. The summed E-state index contributed by atoms with van der Waals surface area (Å²) in [7, 11) is 2.77. The Kier molecular flexibility index (Phi) is 3.82. The van der Waals surface area contributed by atoms with Gasteiger partial charge in [0.15, 0.2) is 0 Å². The molecule has 0 radical (unpaired) electrons. The highest BCUT2D eigenvalue weighted by Gasteiger charge is 2.29. The minimum atomic E-state index is -4.09. The number of hydrogen-bond donors (Lipinski definition) is 0. The summed E-state index contributed by atoms with van der Waals surface area (Å²) in [6, 6.07) is 2.98. The lowest BCUT2D eigenvalue weighted by Crippen LogP contribution is -2.41. The van der Waals surface area contributed by atoms with E-state index in [0.717, 1.165) is 37.5 Å². The summed E-state index contributed by atoms with van der Waals surface area (Å²) < 4.78 is 36.1. The number of benzene rings is 1. The first-order valence-electron chi connectivity index (χ1n) is 5.82. The highest BCUT2D eigenvalue weighted by Crippen LogP contribution is 2.27. The predicted octanol–water partition coefficient (Wildman–Crippen LogP) is 2.38. The van der Waals surface area contributed by atoms with Crippen molar-refractivity contribution in [2.45, 2.75) is 30.2 Å². The zero-order valence-corrected chi connectivity index (χ0v) is 11.8. The molecule has 1 aliphatic rings. The number of carbonyl (C=O) groups is 1. The summed E-state index contributed by atoms with van der Waals surface area (Å²) in [5.74, 6) is -1.20. The molecule has 2 rings (SSSR count). The summed E-state index contributed by atoms with van der Waals surface area (Å²) >= 11 is 0. The number of halogens is 2. The molecular weight excluding hydrogens is 293 g/mol. The minimum Gasteiger partial charge on any atom is -0.339 e. The molecule has 0 spiro atoms. The van der Waals surface area contributed by atoms with Crippen LogP contribution in [0.3, 0.4) is 0 Å². The third-order valence-corrected chi connectivity index (χ3v) is 4.76. The van der Waals surface area contributed by atoms with Crippen molar-refractivity contribution in [3.8, 4) is 0 Å². The molecule has 1 amide bonds. The second kappa shape index (κ2) is 5.09. The van der Waals surface area contributed by atoms with E-state index >= 15 is 0 Å². The van der Waals surface area contributed by atoms with E-state index in [2.05, 4.69) is 0 Å². The zero-order valence-electron chi connectivity index (χ0n) is 10.3. The summed E-state index contributed by atoms with van der Waals surface area (Å²) in [6.45, 7) is 0. The van der Waals surface area contributed by atoms with E-state index in [1.807, 2.05) is 0 Å². The van der Waals surface area contributed by atoms with Crippen molar-refractivity contribution in [1.82, 2.24) is 4.90 Å². The van der Waals surface area contributed by atoms with E-state index in [-0.39, 0.29) is 16.5 Å². The maximum atomic E-state index is 13.2. The third-order valence-electron chi connectivity index (χ3n) is 3.38. The summed E-state index contributed by atoms with van der Waals surface area (Å²) in [6.07, 6.45) is 2.78. The van der Waals surface area contributed by atoms with Gasteiger partial charge >= 0.3 is 0 Å². The molecule has 1 saturated carbocycles. The topological polar surface area (TPSA) is 54.5 Å². The fraction of sp³-hybridized carbons (Fsp3) is 0.417. The van der Waals surface area contributed by atoms with Crippen LogP contribution in [0.25, 0.3) is 0 Å². The van der Waals surface area contributed by atoms with Gasteiger partial charge in [-0.3, -0.25) is 4.79 Å². The van der Waals surface area contributed by atoms with E-state index in [9.17, 15) is 17.6 Å². The Morgan fingerprint density at radius 3 is 2.53 bits per heavy atom. The molecule has 0 aromatic heterocycles. The van der Waals surface area contributed by atoms with Crippen LogP contribution >= 0.6 is 10.7 Å². The van der Waals surface area contributed by atoms with E-state index < -0.39 is 20.8 Å². The molecule has 1 aliphatic carbocycles. The quantitative estimate of drug-likeness (QED) is 0.806. The van der Waals surface area contributed by atoms with E-state index in [4.69, 9.17) is 10.7 Å².